The first-order chi connectivity index (χ1) is 12.5. The number of hydrogen-bond acceptors (Lipinski definition) is 3. The van der Waals surface area contributed by atoms with Crippen LogP contribution in [0.15, 0.2) is 18.2 Å². The number of halogens is 1. The van der Waals surface area contributed by atoms with Crippen molar-refractivity contribution < 1.29 is 9.53 Å². The van der Waals surface area contributed by atoms with Gasteiger partial charge in [0.2, 0.25) is 5.91 Å². The molecule has 3 rings (SSSR count). The van der Waals surface area contributed by atoms with Crippen LogP contribution in [0.1, 0.15) is 46.0 Å². The molecule has 4 nitrogen and oxygen atoms in total. The summed E-state index contributed by atoms with van der Waals surface area (Å²) in [6, 6.07) is 5.39. The van der Waals surface area contributed by atoms with Gasteiger partial charge in [-0.3, -0.25) is 4.79 Å². The standard InChI is InChI=1S/C21H31ClN2O2/c1-4-15(5-2)14-24-10-8-21(9-11-24)13-17(21)20(25)23-16-6-7-19(26-3)18(22)12-16/h6-7,12,15,17H,4-5,8-11,13-14H2,1-3H3,(H,23,25)/t17-/m0/s1. The molecule has 1 aromatic carbocycles. The summed E-state index contributed by atoms with van der Waals surface area (Å²) in [5.74, 6) is 1.72. The predicted octanol–water partition coefficient (Wildman–Crippen LogP) is 4.83. The summed E-state index contributed by atoms with van der Waals surface area (Å²) < 4.78 is 5.16. The minimum Gasteiger partial charge on any atom is -0.495 e. The molecular formula is C21H31ClN2O2. The predicted molar refractivity (Wildman–Crippen MR) is 107 cm³/mol. The molecular weight excluding hydrogens is 348 g/mol. The van der Waals surface area contributed by atoms with Gasteiger partial charge in [0.15, 0.2) is 0 Å². The number of carbonyl (C=O) groups is 1. The zero-order chi connectivity index (χ0) is 18.7. The third kappa shape index (κ3) is 4.17. The van der Waals surface area contributed by atoms with Crippen molar-refractivity contribution in [3.63, 3.8) is 0 Å². The Bertz CT molecular complexity index is 637. The Hall–Kier alpha value is -1.26. The second-order valence-corrected chi connectivity index (χ2v) is 8.35. The van der Waals surface area contributed by atoms with E-state index in [-0.39, 0.29) is 17.2 Å². The van der Waals surface area contributed by atoms with Gasteiger partial charge in [-0.15, -0.1) is 0 Å². The first-order valence-corrected chi connectivity index (χ1v) is 10.3. The molecule has 5 heteroatoms. The highest BCUT2D eigenvalue weighted by Crippen LogP contribution is 2.59. The van der Waals surface area contributed by atoms with Gasteiger partial charge in [-0.2, -0.15) is 0 Å². The number of piperidine rings is 1. The lowest BCUT2D eigenvalue weighted by Crippen LogP contribution is -2.38. The van der Waals surface area contributed by atoms with Gasteiger partial charge < -0.3 is 15.0 Å². The molecule has 1 saturated heterocycles. The van der Waals surface area contributed by atoms with Crippen molar-refractivity contribution in [1.29, 1.82) is 0 Å². The lowest BCUT2D eigenvalue weighted by molar-refractivity contribution is -0.118. The maximum Gasteiger partial charge on any atom is 0.228 e. The van der Waals surface area contributed by atoms with E-state index in [1.165, 1.54) is 19.4 Å². The molecule has 0 radical (unpaired) electrons. The Labute approximate surface area is 162 Å². The van der Waals surface area contributed by atoms with E-state index >= 15 is 0 Å². The van der Waals surface area contributed by atoms with E-state index in [1.807, 2.05) is 6.07 Å². The van der Waals surface area contributed by atoms with Gasteiger partial charge in [0.25, 0.3) is 0 Å². The van der Waals surface area contributed by atoms with E-state index in [2.05, 4.69) is 24.1 Å². The van der Waals surface area contributed by atoms with Crippen LogP contribution in [0.2, 0.25) is 5.02 Å². The average Bonchev–Trinajstić information content (AvgIpc) is 3.35. The van der Waals surface area contributed by atoms with Crippen LogP contribution < -0.4 is 10.1 Å². The van der Waals surface area contributed by atoms with Crippen LogP contribution in [0, 0.1) is 17.3 Å². The third-order valence-corrected chi connectivity index (χ3v) is 6.74. The fraction of sp³-hybridized carbons (Fsp3) is 0.667. The molecule has 1 aliphatic heterocycles. The molecule has 2 fully saturated rings. The van der Waals surface area contributed by atoms with Gasteiger partial charge >= 0.3 is 0 Å². The van der Waals surface area contributed by atoms with E-state index in [4.69, 9.17) is 16.3 Å². The number of nitrogens with zero attached hydrogens (tertiary/aromatic N) is 1. The van der Waals surface area contributed by atoms with Crippen LogP contribution in [-0.2, 0) is 4.79 Å². The van der Waals surface area contributed by atoms with Gasteiger partial charge in [0.1, 0.15) is 5.75 Å². The number of benzene rings is 1. The van der Waals surface area contributed by atoms with E-state index in [0.29, 0.717) is 10.8 Å². The lowest BCUT2D eigenvalue weighted by Gasteiger charge is -2.34. The number of methoxy groups -OCH3 is 1. The Morgan fingerprint density at radius 2 is 2.04 bits per heavy atom. The maximum atomic E-state index is 12.7. The van der Waals surface area contributed by atoms with Crippen LogP contribution in [0.25, 0.3) is 0 Å². The zero-order valence-electron chi connectivity index (χ0n) is 16.2. The number of hydrogen-bond donors (Lipinski definition) is 1. The zero-order valence-corrected chi connectivity index (χ0v) is 16.9. The van der Waals surface area contributed by atoms with Gasteiger partial charge in [0, 0.05) is 18.2 Å². The molecule has 1 spiro atoms. The van der Waals surface area contributed by atoms with Gasteiger partial charge in [-0.25, -0.2) is 0 Å². The van der Waals surface area contributed by atoms with Crippen LogP contribution in [0.3, 0.4) is 0 Å². The number of nitrogens with one attached hydrogen (secondary N) is 1. The number of carbonyl (C=O) groups excluding carboxylic acids is 1. The summed E-state index contributed by atoms with van der Waals surface area (Å²) in [6.45, 7) is 8.05. The highest BCUT2D eigenvalue weighted by atomic mass is 35.5. The van der Waals surface area contributed by atoms with Gasteiger partial charge in [-0.1, -0.05) is 38.3 Å². The van der Waals surface area contributed by atoms with Crippen LogP contribution in [0.5, 0.6) is 5.75 Å². The molecule has 1 heterocycles. The van der Waals surface area contributed by atoms with E-state index in [0.717, 1.165) is 44.0 Å². The largest absolute Gasteiger partial charge is 0.495 e. The third-order valence-electron chi connectivity index (χ3n) is 6.45. The molecule has 0 aromatic heterocycles. The lowest BCUT2D eigenvalue weighted by atomic mass is 9.89. The number of anilines is 1. The summed E-state index contributed by atoms with van der Waals surface area (Å²) in [7, 11) is 1.59. The highest BCUT2D eigenvalue weighted by molar-refractivity contribution is 6.32. The molecule has 1 N–H and O–H groups in total. The number of rotatable bonds is 7. The second-order valence-electron chi connectivity index (χ2n) is 7.94. The normalized spacial score (nSPS) is 21.8. The Kier molecular flexibility index (Phi) is 6.13. The van der Waals surface area contributed by atoms with E-state index in [1.54, 1.807) is 19.2 Å². The minimum absolute atomic E-state index is 0.139. The smallest absolute Gasteiger partial charge is 0.228 e. The molecule has 0 bridgehead atoms. The van der Waals surface area contributed by atoms with Gasteiger partial charge in [-0.05, 0) is 61.9 Å². The van der Waals surface area contributed by atoms with E-state index in [9.17, 15) is 4.79 Å². The minimum atomic E-state index is 0.139. The molecule has 1 aromatic rings. The Morgan fingerprint density at radius 3 is 2.62 bits per heavy atom. The van der Waals surface area contributed by atoms with E-state index < -0.39 is 0 Å². The van der Waals surface area contributed by atoms with Crippen LogP contribution >= 0.6 is 11.6 Å². The number of amides is 1. The fourth-order valence-electron chi connectivity index (χ4n) is 4.34. The fourth-order valence-corrected chi connectivity index (χ4v) is 4.60. The van der Waals surface area contributed by atoms with Crippen molar-refractivity contribution in [3.05, 3.63) is 23.2 Å². The molecule has 1 amide bonds. The van der Waals surface area contributed by atoms with Crippen LogP contribution in [0.4, 0.5) is 5.69 Å². The van der Waals surface area contributed by atoms with Crippen LogP contribution in [-0.4, -0.2) is 37.6 Å². The Morgan fingerprint density at radius 1 is 1.35 bits per heavy atom. The molecule has 0 unspecified atom stereocenters. The van der Waals surface area contributed by atoms with Crippen molar-refractivity contribution in [2.75, 3.05) is 32.1 Å². The monoisotopic (exact) mass is 378 g/mol. The summed E-state index contributed by atoms with van der Waals surface area (Å²) in [6.07, 6.45) is 5.84. The molecule has 1 saturated carbocycles. The molecule has 1 atom stereocenters. The Balaban J connectivity index is 1.51. The van der Waals surface area contributed by atoms with Gasteiger partial charge in [0.05, 0.1) is 12.1 Å². The first kappa shape index (κ1) is 19.5. The van der Waals surface area contributed by atoms with Crippen molar-refractivity contribution in [1.82, 2.24) is 4.90 Å². The van der Waals surface area contributed by atoms with Crippen molar-refractivity contribution in [3.8, 4) is 5.75 Å². The molecule has 2 aliphatic rings. The van der Waals surface area contributed by atoms with Crippen molar-refractivity contribution >= 4 is 23.2 Å². The summed E-state index contributed by atoms with van der Waals surface area (Å²) >= 11 is 6.15. The highest BCUT2D eigenvalue weighted by Gasteiger charge is 2.58. The summed E-state index contributed by atoms with van der Waals surface area (Å²) in [4.78, 5) is 15.3. The average molecular weight is 379 g/mol. The second kappa shape index (κ2) is 8.18. The van der Waals surface area contributed by atoms with Crippen molar-refractivity contribution in [2.45, 2.75) is 46.0 Å². The maximum absolute atomic E-state index is 12.7. The molecule has 1 aliphatic carbocycles. The summed E-state index contributed by atoms with van der Waals surface area (Å²) in [5.41, 5.74) is 0.985. The quantitative estimate of drug-likeness (QED) is 0.739. The SMILES string of the molecule is CCC(CC)CN1CCC2(CC1)C[C@H]2C(=O)Nc1ccc(OC)c(Cl)c1. The van der Waals surface area contributed by atoms with Crippen molar-refractivity contribution in [2.24, 2.45) is 17.3 Å². The summed E-state index contributed by atoms with van der Waals surface area (Å²) in [5, 5.41) is 3.56. The first-order valence-electron chi connectivity index (χ1n) is 9.88. The number of ether oxygens (including phenoxy) is 1. The number of likely N-dealkylation sites (tertiary alicyclic amines) is 1. The molecule has 144 valence electrons. The molecule has 26 heavy (non-hydrogen) atoms. The topological polar surface area (TPSA) is 41.6 Å².